The minimum Gasteiger partial charge on any atom is -0.456 e. The molecule has 0 atom stereocenters. The van der Waals surface area contributed by atoms with Gasteiger partial charge in [-0.25, -0.2) is 0 Å². The number of rotatable bonds is 1. The second-order valence-electron chi connectivity index (χ2n) is 19.9. The molecule has 0 amide bonds. The van der Waals surface area contributed by atoms with Gasteiger partial charge in [0, 0.05) is 80.1 Å². The first-order valence-electron chi connectivity index (χ1n) is 24.8. The van der Waals surface area contributed by atoms with Crippen LogP contribution in [0.1, 0.15) is 0 Å². The topological polar surface area (TPSA) is 22.0 Å². The highest BCUT2D eigenvalue weighted by atomic mass is 32.1. The van der Waals surface area contributed by atoms with E-state index >= 15 is 0 Å². The van der Waals surface area contributed by atoms with Gasteiger partial charge in [0.05, 0.1) is 33.1 Å². The van der Waals surface area contributed by atoms with Crippen LogP contribution in [0, 0.1) is 0 Å². The third kappa shape index (κ3) is 4.71. The number of hydrogen-bond donors (Lipinski definition) is 0. The van der Waals surface area contributed by atoms with Gasteiger partial charge in [-0.15, -0.1) is 11.3 Å². The largest absolute Gasteiger partial charge is 0.456 e. The van der Waals surface area contributed by atoms with E-state index in [0.29, 0.717) is 0 Å². The molecule has 0 unspecified atom stereocenters. The van der Waals surface area contributed by atoms with Crippen LogP contribution in [0.25, 0.3) is 173 Å². The quantitative estimate of drug-likeness (QED) is 0.150. The second-order valence-corrected chi connectivity index (χ2v) is 21.0. The van der Waals surface area contributed by atoms with Crippen LogP contribution in [0.4, 0.5) is 0 Å². The Morgan fingerprint density at radius 1 is 0.250 bits per heavy atom. The molecule has 18 rings (SSSR count). The summed E-state index contributed by atoms with van der Waals surface area (Å²) in [6.07, 6.45) is 0. The summed E-state index contributed by atoms with van der Waals surface area (Å²) in [5.74, 6) is 0. The highest BCUT2D eigenvalue weighted by Gasteiger charge is 2.23. The molecule has 3 nitrogen and oxygen atoms in total. The number of aromatic nitrogens is 2. The molecule has 0 aliphatic rings. The molecule has 0 aliphatic carbocycles. The van der Waals surface area contributed by atoms with Crippen molar-refractivity contribution in [3.63, 3.8) is 0 Å². The molecule has 0 radical (unpaired) electrons. The first-order chi connectivity index (χ1) is 35.7. The molecular formula is C68H36N2OS. The molecular weight excluding hydrogens is 893 g/mol. The fraction of sp³-hybridized carbons (Fsp3) is 0. The van der Waals surface area contributed by atoms with Crippen molar-refractivity contribution >= 4 is 173 Å². The van der Waals surface area contributed by atoms with E-state index in [-0.39, 0.29) is 0 Å². The lowest BCUT2D eigenvalue weighted by atomic mass is 9.90. The van der Waals surface area contributed by atoms with Crippen LogP contribution in [-0.2, 0) is 0 Å². The molecule has 0 N–H and O–H groups in total. The maximum absolute atomic E-state index is 6.58. The SMILES string of the molecule is c1ccc2c(c1)cc1c3c4ccccc4c4cc(-c5ccc6cc7c8c9ccccc9c9ccccc9c8c8cc9c(cc8n7c6c5)sc5ccccc59)ccc4c3c3cc4c(cc3n21)oc1ccccc14. The van der Waals surface area contributed by atoms with Crippen LogP contribution in [0.3, 0.4) is 0 Å². The number of pyridine rings is 2. The Bertz CT molecular complexity index is 5530. The van der Waals surface area contributed by atoms with Gasteiger partial charge in [0.25, 0.3) is 0 Å². The number of benzene rings is 12. The maximum atomic E-state index is 6.58. The van der Waals surface area contributed by atoms with Crippen molar-refractivity contribution in [2.45, 2.75) is 0 Å². The van der Waals surface area contributed by atoms with Gasteiger partial charge in [-0.1, -0.05) is 152 Å². The highest BCUT2D eigenvalue weighted by molar-refractivity contribution is 7.25. The molecule has 0 bridgehead atoms. The summed E-state index contributed by atoms with van der Waals surface area (Å²) in [6, 6.07) is 82.0. The van der Waals surface area contributed by atoms with Crippen LogP contribution in [0.2, 0.25) is 0 Å². The van der Waals surface area contributed by atoms with Gasteiger partial charge >= 0.3 is 0 Å². The lowest BCUT2D eigenvalue weighted by molar-refractivity contribution is 0.669. The van der Waals surface area contributed by atoms with Crippen molar-refractivity contribution in [2.75, 3.05) is 0 Å². The Labute approximate surface area is 413 Å². The highest BCUT2D eigenvalue weighted by Crippen LogP contribution is 2.48. The zero-order chi connectivity index (χ0) is 46.5. The van der Waals surface area contributed by atoms with Crippen LogP contribution in [0.15, 0.2) is 223 Å². The van der Waals surface area contributed by atoms with E-state index in [0.717, 1.165) is 27.5 Å². The summed E-state index contributed by atoms with van der Waals surface area (Å²) in [5, 5.41) is 25.2. The Kier molecular flexibility index (Phi) is 6.98. The van der Waals surface area contributed by atoms with Crippen LogP contribution >= 0.6 is 11.3 Å². The van der Waals surface area contributed by atoms with Gasteiger partial charge in [0.1, 0.15) is 11.2 Å². The molecule has 0 spiro atoms. The first-order valence-corrected chi connectivity index (χ1v) is 25.6. The van der Waals surface area contributed by atoms with Crippen LogP contribution in [-0.4, -0.2) is 8.80 Å². The first kappa shape index (κ1) is 37.6. The van der Waals surface area contributed by atoms with Crippen LogP contribution < -0.4 is 0 Å². The van der Waals surface area contributed by atoms with Crippen molar-refractivity contribution in [3.05, 3.63) is 218 Å². The molecule has 0 fully saturated rings. The molecule has 6 aromatic heterocycles. The molecule has 0 saturated carbocycles. The average molecular weight is 929 g/mol. The number of nitrogens with zero attached hydrogens (tertiary/aromatic N) is 2. The van der Waals surface area contributed by atoms with Gasteiger partial charge < -0.3 is 13.2 Å². The summed E-state index contributed by atoms with van der Waals surface area (Å²) < 4.78 is 14.2. The fourth-order valence-corrected chi connectivity index (χ4v) is 14.4. The van der Waals surface area contributed by atoms with Gasteiger partial charge in [-0.05, 0) is 115 Å². The van der Waals surface area contributed by atoms with Crippen molar-refractivity contribution in [3.8, 4) is 11.1 Å². The van der Waals surface area contributed by atoms with Crippen molar-refractivity contribution in [2.24, 2.45) is 0 Å². The Balaban J connectivity index is 0.960. The van der Waals surface area contributed by atoms with E-state index in [4.69, 9.17) is 4.42 Å². The second kappa shape index (κ2) is 13.3. The standard InChI is InChI=1S/C68H36N2OS/c1-10-22-55-39(13-1)31-59-68-48-21-7-4-16-43(48)50-29-37(27-28-49(50)66(68)53-33-51-44-17-8-11-23-61(44)71-62(51)35-57(53)69(55)59)38-25-26-40-32-60-67-47-20-6-3-15-42(47)41-14-2-5-19-46(41)65(67)54-34-52-45-18-9-12-24-63(45)72-64(52)36-58(54)70(60)56(40)30-38/h1-36H. The molecule has 6 heterocycles. The molecule has 72 heavy (non-hydrogen) atoms. The summed E-state index contributed by atoms with van der Waals surface area (Å²) in [6.45, 7) is 0. The minimum atomic E-state index is 0.901. The minimum absolute atomic E-state index is 0.901. The zero-order valence-corrected chi connectivity index (χ0v) is 39.3. The predicted molar refractivity (Wildman–Crippen MR) is 309 cm³/mol. The lowest BCUT2D eigenvalue weighted by Crippen LogP contribution is -1.94. The number of furan rings is 1. The van der Waals surface area contributed by atoms with E-state index in [1.807, 2.05) is 11.3 Å². The van der Waals surface area contributed by atoms with Crippen molar-refractivity contribution in [1.82, 2.24) is 8.80 Å². The molecule has 12 aromatic carbocycles. The summed E-state index contributed by atoms with van der Waals surface area (Å²) in [5.41, 5.74) is 11.4. The van der Waals surface area contributed by atoms with Gasteiger partial charge in [0.2, 0.25) is 0 Å². The smallest absolute Gasteiger partial charge is 0.137 e. The van der Waals surface area contributed by atoms with E-state index in [1.54, 1.807) is 0 Å². The monoisotopic (exact) mass is 928 g/mol. The Morgan fingerprint density at radius 3 is 1.53 bits per heavy atom. The average Bonchev–Trinajstić information content (AvgIpc) is 4.22. The number of thiophene rings is 1. The number of hydrogen-bond acceptors (Lipinski definition) is 2. The summed E-state index contributed by atoms with van der Waals surface area (Å²) in [7, 11) is 0. The molecule has 18 aromatic rings. The van der Waals surface area contributed by atoms with E-state index in [9.17, 15) is 0 Å². The van der Waals surface area contributed by atoms with E-state index in [2.05, 4.69) is 227 Å². The van der Waals surface area contributed by atoms with E-state index in [1.165, 1.54) is 145 Å². The zero-order valence-electron chi connectivity index (χ0n) is 38.5. The maximum Gasteiger partial charge on any atom is 0.137 e. The van der Waals surface area contributed by atoms with E-state index < -0.39 is 0 Å². The fourth-order valence-electron chi connectivity index (χ4n) is 13.3. The van der Waals surface area contributed by atoms with Crippen molar-refractivity contribution in [1.29, 1.82) is 0 Å². The molecule has 0 saturated heterocycles. The van der Waals surface area contributed by atoms with Crippen LogP contribution in [0.5, 0.6) is 0 Å². The summed E-state index contributed by atoms with van der Waals surface area (Å²) in [4.78, 5) is 0. The normalized spacial score (nSPS) is 12.7. The Morgan fingerprint density at radius 2 is 0.778 bits per heavy atom. The molecule has 0 aliphatic heterocycles. The number of para-hydroxylation sites is 2. The third-order valence-electron chi connectivity index (χ3n) is 16.3. The molecule has 330 valence electrons. The number of fused-ring (bicyclic) bond motifs is 32. The van der Waals surface area contributed by atoms with Crippen molar-refractivity contribution < 1.29 is 4.42 Å². The molecule has 4 heteroatoms. The Hall–Kier alpha value is -9.22. The van der Waals surface area contributed by atoms with Gasteiger partial charge in [-0.3, -0.25) is 0 Å². The third-order valence-corrected chi connectivity index (χ3v) is 17.5. The predicted octanol–water partition coefficient (Wildman–Crippen LogP) is 19.7. The van der Waals surface area contributed by atoms with Gasteiger partial charge in [0.15, 0.2) is 0 Å². The summed E-state index contributed by atoms with van der Waals surface area (Å²) >= 11 is 1.89. The van der Waals surface area contributed by atoms with Gasteiger partial charge in [-0.2, -0.15) is 0 Å². The lowest BCUT2D eigenvalue weighted by Gasteiger charge is -2.17.